The van der Waals surface area contributed by atoms with E-state index in [1.165, 1.54) is 11.3 Å². The van der Waals surface area contributed by atoms with Gasteiger partial charge in [0.05, 0.1) is 22.3 Å². The lowest BCUT2D eigenvalue weighted by Gasteiger charge is -2.12. The highest BCUT2D eigenvalue weighted by atomic mass is 32.2. The van der Waals surface area contributed by atoms with Gasteiger partial charge in [-0.25, -0.2) is 13.4 Å². The van der Waals surface area contributed by atoms with E-state index >= 15 is 0 Å². The highest BCUT2D eigenvalue weighted by Gasteiger charge is 2.33. The van der Waals surface area contributed by atoms with Crippen LogP contribution >= 0.6 is 11.3 Å². The molecule has 1 saturated heterocycles. The highest BCUT2D eigenvalue weighted by molar-refractivity contribution is 7.90. The third kappa shape index (κ3) is 4.54. The minimum Gasteiger partial charge on any atom is -0.342 e. The van der Waals surface area contributed by atoms with E-state index in [1.807, 2.05) is 13.8 Å². The van der Waals surface area contributed by atoms with E-state index < -0.39 is 15.8 Å². The first kappa shape index (κ1) is 19.5. The summed E-state index contributed by atoms with van der Waals surface area (Å²) in [6.07, 6.45) is 0.194. The van der Waals surface area contributed by atoms with Crippen molar-refractivity contribution in [2.75, 3.05) is 18.4 Å². The fraction of sp³-hybridized carbons (Fsp3) is 0.389. The van der Waals surface area contributed by atoms with Crippen LogP contribution in [0.25, 0.3) is 0 Å². The number of sulfone groups is 1. The number of likely N-dealkylation sites (tertiary alicyclic amines) is 1. The van der Waals surface area contributed by atoms with Crippen LogP contribution in [0.5, 0.6) is 0 Å². The molecule has 0 radical (unpaired) electrons. The van der Waals surface area contributed by atoms with E-state index in [4.69, 9.17) is 0 Å². The Morgan fingerprint density at radius 3 is 2.67 bits per heavy atom. The molecular formula is C18H21N3O4S2. The number of nitrogens with zero attached hydrogens (tertiary/aromatic N) is 2. The molecule has 1 N–H and O–H groups in total. The average molecular weight is 408 g/mol. The molecule has 1 atom stereocenters. The summed E-state index contributed by atoms with van der Waals surface area (Å²) >= 11 is 1.18. The van der Waals surface area contributed by atoms with Gasteiger partial charge in [0, 0.05) is 24.9 Å². The van der Waals surface area contributed by atoms with Crippen molar-refractivity contribution in [1.29, 1.82) is 0 Å². The van der Waals surface area contributed by atoms with E-state index in [-0.39, 0.29) is 28.9 Å². The van der Waals surface area contributed by atoms with Gasteiger partial charge in [-0.2, -0.15) is 0 Å². The smallest absolute Gasteiger partial charge is 0.231 e. The maximum absolute atomic E-state index is 12.5. The summed E-state index contributed by atoms with van der Waals surface area (Å²) in [4.78, 5) is 30.2. The number of anilines is 1. The zero-order valence-electron chi connectivity index (χ0n) is 15.1. The number of thiazole rings is 1. The van der Waals surface area contributed by atoms with Crippen LogP contribution in [0.1, 0.15) is 24.6 Å². The number of carbonyl (C=O) groups excluding carboxylic acids is 2. The minimum absolute atomic E-state index is 0.0262. The van der Waals surface area contributed by atoms with Crippen molar-refractivity contribution in [3.8, 4) is 0 Å². The summed E-state index contributed by atoms with van der Waals surface area (Å²) in [5, 5.41) is 4.67. The number of rotatable bonds is 6. The van der Waals surface area contributed by atoms with E-state index in [9.17, 15) is 18.0 Å². The highest BCUT2D eigenvalue weighted by Crippen LogP contribution is 2.23. The van der Waals surface area contributed by atoms with Gasteiger partial charge in [0.1, 0.15) is 0 Å². The molecular weight excluding hydrogens is 386 g/mol. The quantitative estimate of drug-likeness (QED) is 0.792. The minimum atomic E-state index is -3.50. The second kappa shape index (κ2) is 7.77. The SMILES string of the molecule is CCN1C[C@@H](C(=O)Nc2nc(CS(=O)(=O)c3ccc(C)cc3)cs2)CC1=O. The average Bonchev–Trinajstić information content (AvgIpc) is 3.21. The van der Waals surface area contributed by atoms with Crippen molar-refractivity contribution in [2.45, 2.75) is 30.9 Å². The summed E-state index contributed by atoms with van der Waals surface area (Å²) in [5.41, 5.74) is 1.37. The molecule has 9 heteroatoms. The molecule has 1 aromatic carbocycles. The Labute approximate surface area is 162 Å². The molecule has 3 rings (SSSR count). The zero-order valence-corrected chi connectivity index (χ0v) is 16.8. The lowest BCUT2D eigenvalue weighted by Crippen LogP contribution is -2.28. The standard InChI is InChI=1S/C18H21N3O4S2/c1-3-21-9-13(8-16(21)22)17(23)20-18-19-14(10-26-18)11-27(24,25)15-6-4-12(2)5-7-15/h4-7,10,13H,3,8-9,11H2,1-2H3,(H,19,20,23)/t13-/m0/s1. The fourth-order valence-corrected chi connectivity index (χ4v) is 4.99. The first-order valence-corrected chi connectivity index (χ1v) is 11.1. The molecule has 1 aliphatic heterocycles. The molecule has 2 amide bonds. The number of hydrogen-bond acceptors (Lipinski definition) is 6. The molecule has 144 valence electrons. The molecule has 1 aromatic heterocycles. The number of aromatic nitrogens is 1. The van der Waals surface area contributed by atoms with Gasteiger partial charge in [0.25, 0.3) is 0 Å². The Hall–Kier alpha value is -2.26. The first-order valence-electron chi connectivity index (χ1n) is 8.61. The van der Waals surface area contributed by atoms with E-state index in [2.05, 4.69) is 10.3 Å². The number of nitrogens with one attached hydrogen (secondary N) is 1. The van der Waals surface area contributed by atoms with Crippen LogP contribution in [0.4, 0.5) is 5.13 Å². The Morgan fingerprint density at radius 1 is 1.33 bits per heavy atom. The van der Waals surface area contributed by atoms with Gasteiger partial charge in [-0.1, -0.05) is 17.7 Å². The van der Waals surface area contributed by atoms with Gasteiger partial charge in [0.15, 0.2) is 15.0 Å². The van der Waals surface area contributed by atoms with Crippen LogP contribution < -0.4 is 5.32 Å². The molecule has 7 nitrogen and oxygen atoms in total. The van der Waals surface area contributed by atoms with E-state index in [0.29, 0.717) is 23.9 Å². The molecule has 1 fully saturated rings. The van der Waals surface area contributed by atoms with Crippen LogP contribution in [0, 0.1) is 12.8 Å². The predicted molar refractivity (Wildman–Crippen MR) is 103 cm³/mol. The van der Waals surface area contributed by atoms with Crippen LogP contribution in [0.3, 0.4) is 0 Å². The Balaban J connectivity index is 1.64. The van der Waals surface area contributed by atoms with E-state index in [1.54, 1.807) is 34.5 Å². The fourth-order valence-electron chi connectivity index (χ4n) is 2.92. The maximum atomic E-state index is 12.5. The molecule has 1 aliphatic rings. The maximum Gasteiger partial charge on any atom is 0.231 e. The molecule has 0 aliphatic carbocycles. The number of amides is 2. The van der Waals surface area contributed by atoms with Crippen LogP contribution in [0.2, 0.25) is 0 Å². The molecule has 2 aromatic rings. The molecule has 27 heavy (non-hydrogen) atoms. The summed E-state index contributed by atoms with van der Waals surface area (Å²) < 4.78 is 25.0. The Kier molecular flexibility index (Phi) is 5.61. The van der Waals surface area contributed by atoms with Gasteiger partial charge < -0.3 is 10.2 Å². The van der Waals surface area contributed by atoms with Gasteiger partial charge in [-0.3, -0.25) is 9.59 Å². The lowest BCUT2D eigenvalue weighted by molar-refractivity contribution is -0.128. The van der Waals surface area contributed by atoms with Gasteiger partial charge in [-0.05, 0) is 26.0 Å². The Morgan fingerprint density at radius 2 is 2.04 bits per heavy atom. The van der Waals surface area contributed by atoms with E-state index in [0.717, 1.165) is 5.56 Å². The largest absolute Gasteiger partial charge is 0.342 e. The summed E-state index contributed by atoms with van der Waals surface area (Å²) in [7, 11) is -3.50. The van der Waals surface area contributed by atoms with Crippen molar-refractivity contribution >= 4 is 38.1 Å². The number of aryl methyl sites for hydroxylation is 1. The molecule has 0 bridgehead atoms. The van der Waals surface area contributed by atoms with Crippen molar-refractivity contribution in [3.63, 3.8) is 0 Å². The molecule has 2 heterocycles. The van der Waals surface area contributed by atoms with Crippen molar-refractivity contribution in [2.24, 2.45) is 5.92 Å². The third-order valence-electron chi connectivity index (χ3n) is 4.47. The van der Waals surface area contributed by atoms with Gasteiger partial charge >= 0.3 is 0 Å². The number of hydrogen-bond donors (Lipinski definition) is 1. The predicted octanol–water partition coefficient (Wildman–Crippen LogP) is 2.23. The monoisotopic (exact) mass is 407 g/mol. The lowest BCUT2D eigenvalue weighted by atomic mass is 10.1. The van der Waals surface area contributed by atoms with Crippen LogP contribution in [-0.4, -0.2) is 43.2 Å². The van der Waals surface area contributed by atoms with Gasteiger partial charge in [-0.15, -0.1) is 11.3 Å². The summed E-state index contributed by atoms with van der Waals surface area (Å²) in [6.45, 7) is 4.76. The van der Waals surface area contributed by atoms with Crippen molar-refractivity contribution < 1.29 is 18.0 Å². The van der Waals surface area contributed by atoms with Gasteiger partial charge in [0.2, 0.25) is 11.8 Å². The zero-order chi connectivity index (χ0) is 19.6. The number of carbonyl (C=O) groups is 2. The van der Waals surface area contributed by atoms with Crippen LogP contribution in [-0.2, 0) is 25.2 Å². The van der Waals surface area contributed by atoms with Crippen molar-refractivity contribution in [3.05, 3.63) is 40.9 Å². The first-order chi connectivity index (χ1) is 12.8. The number of benzene rings is 1. The van der Waals surface area contributed by atoms with Crippen molar-refractivity contribution in [1.82, 2.24) is 9.88 Å². The third-order valence-corrected chi connectivity index (χ3v) is 6.94. The Bertz CT molecular complexity index is 951. The summed E-state index contributed by atoms with van der Waals surface area (Å²) in [6, 6.07) is 6.66. The topological polar surface area (TPSA) is 96.4 Å². The summed E-state index contributed by atoms with van der Waals surface area (Å²) in [5.74, 6) is -0.919. The molecule has 0 unspecified atom stereocenters. The van der Waals surface area contributed by atoms with Crippen LogP contribution in [0.15, 0.2) is 34.5 Å². The molecule has 0 spiro atoms. The molecule has 0 saturated carbocycles. The second-order valence-corrected chi connectivity index (χ2v) is 9.39. The second-order valence-electron chi connectivity index (χ2n) is 6.54. The normalized spacial score (nSPS) is 17.3.